The zero-order valence-corrected chi connectivity index (χ0v) is 20.7. The normalized spacial score (nSPS) is 15.0. The van der Waals surface area contributed by atoms with Gasteiger partial charge in [0, 0.05) is 6.04 Å². The van der Waals surface area contributed by atoms with E-state index >= 15 is 0 Å². The van der Waals surface area contributed by atoms with Crippen LogP contribution in [-0.4, -0.2) is 45.1 Å². The molecule has 39 heavy (non-hydrogen) atoms. The van der Waals surface area contributed by atoms with Crippen LogP contribution in [0.1, 0.15) is 42.5 Å². The summed E-state index contributed by atoms with van der Waals surface area (Å²) in [6.45, 7) is 1.76. The number of carbonyl (C=O) groups excluding carboxylic acids is 1. The first-order valence-corrected chi connectivity index (χ1v) is 11.7. The zero-order chi connectivity index (χ0) is 28.8. The van der Waals surface area contributed by atoms with Gasteiger partial charge in [0.2, 0.25) is 0 Å². The molecule has 0 aromatic heterocycles. The number of benzene rings is 3. The number of hydrogen-bond donors (Lipinski definition) is 4. The lowest BCUT2D eigenvalue weighted by atomic mass is 9.96. The number of alkyl halides is 3. The smallest absolute Gasteiger partial charge is 0.416 e. The lowest BCUT2D eigenvalue weighted by Crippen LogP contribution is -2.44. The van der Waals surface area contributed by atoms with Crippen LogP contribution < -0.4 is 5.32 Å². The van der Waals surface area contributed by atoms with E-state index in [4.69, 9.17) is 9.84 Å². The first-order chi connectivity index (χ1) is 18.3. The molecule has 11 heteroatoms. The molecule has 0 bridgehead atoms. The van der Waals surface area contributed by atoms with E-state index in [1.165, 1.54) is 24.3 Å². The van der Waals surface area contributed by atoms with Crippen molar-refractivity contribution < 1.29 is 47.6 Å². The first kappa shape index (κ1) is 29.3. The van der Waals surface area contributed by atoms with Crippen LogP contribution in [-0.2, 0) is 25.3 Å². The van der Waals surface area contributed by atoms with E-state index in [1.807, 2.05) is 42.5 Å². The monoisotopic (exact) mass is 545 g/mol. The molecule has 0 spiro atoms. The van der Waals surface area contributed by atoms with E-state index < -0.39 is 60.4 Å². The molecule has 0 heterocycles. The molecule has 3 aromatic carbocycles. The summed E-state index contributed by atoms with van der Waals surface area (Å²) in [5.74, 6) is -4.80. The van der Waals surface area contributed by atoms with E-state index in [9.17, 15) is 37.8 Å². The number of nitrogens with one attached hydrogen (secondary N) is 1. The predicted molar refractivity (Wildman–Crippen MR) is 135 cm³/mol. The van der Waals surface area contributed by atoms with Gasteiger partial charge in [-0.05, 0) is 47.0 Å². The fraction of sp³-hybridized carbons (Fsp3) is 0.250. The maximum atomic E-state index is 13.1. The minimum atomic E-state index is -4.57. The maximum absolute atomic E-state index is 13.1. The molecule has 0 aliphatic heterocycles. The second-order valence-corrected chi connectivity index (χ2v) is 8.93. The molecule has 2 unspecified atom stereocenters. The fourth-order valence-electron chi connectivity index (χ4n) is 4.00. The zero-order valence-electron chi connectivity index (χ0n) is 20.7. The largest absolute Gasteiger partial charge is 0.481 e. The Morgan fingerprint density at radius 1 is 0.974 bits per heavy atom. The molecule has 206 valence electrons. The van der Waals surface area contributed by atoms with Crippen molar-refractivity contribution >= 4 is 34.8 Å². The molecule has 4 N–H and O–H groups in total. The van der Waals surface area contributed by atoms with Gasteiger partial charge in [-0.15, -0.1) is 0 Å². The number of carbonyl (C=O) groups is 3. The Morgan fingerprint density at radius 2 is 1.64 bits per heavy atom. The topological polar surface area (TPSA) is 133 Å². The predicted octanol–water partition coefficient (Wildman–Crippen LogP) is 4.77. The lowest BCUT2D eigenvalue weighted by molar-refractivity contribution is -0.173. The highest BCUT2D eigenvalue weighted by atomic mass is 19.4. The van der Waals surface area contributed by atoms with Crippen molar-refractivity contribution in [3.63, 3.8) is 0 Å². The van der Waals surface area contributed by atoms with E-state index in [1.54, 1.807) is 6.92 Å². The summed E-state index contributed by atoms with van der Waals surface area (Å²) in [4.78, 5) is 35.1. The average molecular weight is 546 g/mol. The Hall–Kier alpha value is -4.22. The van der Waals surface area contributed by atoms with Gasteiger partial charge < -0.3 is 20.1 Å². The van der Waals surface area contributed by atoms with Crippen molar-refractivity contribution in [3.05, 3.63) is 89.5 Å². The number of hydrogen-bond acceptors (Lipinski definition) is 6. The highest BCUT2D eigenvalue weighted by Gasteiger charge is 2.42. The molecule has 3 rings (SSSR count). The van der Waals surface area contributed by atoms with Crippen LogP contribution in [0.5, 0.6) is 0 Å². The minimum absolute atomic E-state index is 0.151. The fourth-order valence-corrected chi connectivity index (χ4v) is 4.00. The van der Waals surface area contributed by atoms with Crippen LogP contribution in [0.2, 0.25) is 0 Å². The second kappa shape index (κ2) is 12.1. The summed E-state index contributed by atoms with van der Waals surface area (Å²) in [6.07, 6.45) is -5.72. The number of aliphatic hydroxyl groups is 1. The Bertz CT molecular complexity index is 1380. The van der Waals surface area contributed by atoms with Crippen LogP contribution in [0.25, 0.3) is 16.8 Å². The van der Waals surface area contributed by atoms with Gasteiger partial charge in [0.15, 0.2) is 11.8 Å². The van der Waals surface area contributed by atoms with Crippen molar-refractivity contribution in [2.45, 2.75) is 43.8 Å². The molecule has 8 nitrogen and oxygen atoms in total. The maximum Gasteiger partial charge on any atom is 0.416 e. The second-order valence-electron chi connectivity index (χ2n) is 8.93. The number of aliphatic carboxylic acids is 2. The number of halogens is 3. The summed E-state index contributed by atoms with van der Waals surface area (Å²) in [5.41, 5.74) is -2.83. The summed E-state index contributed by atoms with van der Waals surface area (Å²) < 4.78 is 44.7. The number of ether oxygens (including phenoxy) is 1. The number of carboxylic acids is 2. The SMILES string of the molecule is C[C@@H](NC(C=Cc1cccc(C(F)(F)F)c1)OC(=O)CC(O)(CC(=O)O)C(=O)O)c1cccc2ccccc12. The molecule has 0 aliphatic carbocycles. The van der Waals surface area contributed by atoms with Gasteiger partial charge in [0.05, 0.1) is 18.4 Å². The lowest BCUT2D eigenvalue weighted by Gasteiger charge is -2.25. The standard InChI is InChI=1S/C28H26F3NO7/c1-17(21-11-5-8-19-7-2-3-10-22(19)21)32-23(13-12-18-6-4-9-20(14-18)28(29,30)31)39-25(35)16-27(38,26(36)37)15-24(33)34/h2-14,17,23,32,38H,15-16H2,1H3,(H,33,34)(H,36,37)/t17-,23?,27?/m1/s1. The summed E-state index contributed by atoms with van der Waals surface area (Å²) in [7, 11) is 0. The van der Waals surface area contributed by atoms with Crippen LogP contribution in [0.4, 0.5) is 13.2 Å². The molecule has 3 aromatic rings. The molecular weight excluding hydrogens is 519 g/mol. The van der Waals surface area contributed by atoms with Crippen molar-refractivity contribution in [3.8, 4) is 0 Å². The third-order valence-electron chi connectivity index (χ3n) is 5.92. The van der Waals surface area contributed by atoms with E-state index in [-0.39, 0.29) is 5.56 Å². The molecule has 0 fully saturated rings. The number of rotatable bonds is 11. The van der Waals surface area contributed by atoms with E-state index in [0.29, 0.717) is 0 Å². The average Bonchev–Trinajstić information content (AvgIpc) is 2.85. The molecule has 0 aliphatic rings. The number of esters is 1. The molecule has 0 radical (unpaired) electrons. The quantitative estimate of drug-likeness (QED) is 0.200. The van der Waals surface area contributed by atoms with E-state index in [0.717, 1.165) is 28.5 Å². The van der Waals surface area contributed by atoms with Crippen LogP contribution in [0.3, 0.4) is 0 Å². The highest BCUT2D eigenvalue weighted by Crippen LogP contribution is 2.30. The van der Waals surface area contributed by atoms with Gasteiger partial charge in [-0.3, -0.25) is 14.9 Å². The van der Waals surface area contributed by atoms with Gasteiger partial charge in [0.25, 0.3) is 0 Å². The molecule has 3 atom stereocenters. The van der Waals surface area contributed by atoms with Gasteiger partial charge >= 0.3 is 24.1 Å². The van der Waals surface area contributed by atoms with Crippen molar-refractivity contribution in [2.24, 2.45) is 0 Å². The van der Waals surface area contributed by atoms with Gasteiger partial charge in [-0.2, -0.15) is 13.2 Å². The molecule has 0 saturated heterocycles. The highest BCUT2D eigenvalue weighted by molar-refractivity contribution is 5.88. The Kier molecular flexibility index (Phi) is 9.10. The van der Waals surface area contributed by atoms with Crippen molar-refractivity contribution in [2.75, 3.05) is 0 Å². The van der Waals surface area contributed by atoms with Crippen molar-refractivity contribution in [1.82, 2.24) is 5.32 Å². The van der Waals surface area contributed by atoms with E-state index in [2.05, 4.69) is 5.32 Å². The summed E-state index contributed by atoms with van der Waals surface area (Å²) in [6, 6.07) is 17.1. The number of fused-ring (bicyclic) bond motifs is 1. The molecular formula is C28H26F3NO7. The van der Waals surface area contributed by atoms with Crippen LogP contribution in [0, 0.1) is 0 Å². The molecule has 0 saturated carbocycles. The summed E-state index contributed by atoms with van der Waals surface area (Å²) >= 11 is 0. The Labute approximate surface area is 221 Å². The van der Waals surface area contributed by atoms with Gasteiger partial charge in [0.1, 0.15) is 0 Å². The Balaban J connectivity index is 1.89. The number of carboxylic acid groups (broad SMARTS) is 2. The molecule has 0 amide bonds. The third-order valence-corrected chi connectivity index (χ3v) is 5.92. The van der Waals surface area contributed by atoms with Crippen LogP contribution >= 0.6 is 0 Å². The van der Waals surface area contributed by atoms with Crippen molar-refractivity contribution in [1.29, 1.82) is 0 Å². The van der Waals surface area contributed by atoms with Gasteiger partial charge in [-0.25, -0.2) is 4.79 Å². The minimum Gasteiger partial charge on any atom is -0.481 e. The Morgan fingerprint density at radius 3 is 2.31 bits per heavy atom. The summed E-state index contributed by atoms with van der Waals surface area (Å²) in [5, 5.41) is 33.3. The van der Waals surface area contributed by atoms with Crippen LogP contribution in [0.15, 0.2) is 72.8 Å². The van der Waals surface area contributed by atoms with Gasteiger partial charge in [-0.1, -0.05) is 60.7 Å². The first-order valence-electron chi connectivity index (χ1n) is 11.7. The third kappa shape index (κ3) is 7.88.